The van der Waals surface area contributed by atoms with Crippen LogP contribution < -0.4 is 10.6 Å². The van der Waals surface area contributed by atoms with Crippen LogP contribution in [0.15, 0.2) is 54.6 Å². The SMILES string of the molecule is CN(CC(=O)Nc1ccccc1)CC(=O)Nc1ccc(Cl)cc1. The van der Waals surface area contributed by atoms with Gasteiger partial charge in [-0.3, -0.25) is 14.5 Å². The minimum absolute atomic E-state index is 0.116. The molecule has 6 heteroatoms. The van der Waals surface area contributed by atoms with E-state index in [4.69, 9.17) is 11.6 Å². The van der Waals surface area contributed by atoms with Crippen LogP contribution >= 0.6 is 11.6 Å². The number of nitrogens with zero attached hydrogens (tertiary/aromatic N) is 1. The monoisotopic (exact) mass is 331 g/mol. The fourth-order valence-corrected chi connectivity index (χ4v) is 2.13. The molecule has 0 saturated heterocycles. The predicted octanol–water partition coefficient (Wildman–Crippen LogP) is 2.85. The third-order valence-electron chi connectivity index (χ3n) is 3.01. The first-order valence-electron chi connectivity index (χ1n) is 7.12. The average molecular weight is 332 g/mol. The summed E-state index contributed by atoms with van der Waals surface area (Å²) >= 11 is 5.79. The van der Waals surface area contributed by atoms with Gasteiger partial charge in [0.15, 0.2) is 0 Å². The van der Waals surface area contributed by atoms with Crippen molar-refractivity contribution in [3.63, 3.8) is 0 Å². The Morgan fingerprint density at radius 3 is 1.87 bits per heavy atom. The lowest BCUT2D eigenvalue weighted by Gasteiger charge is -2.16. The number of para-hydroxylation sites is 1. The van der Waals surface area contributed by atoms with Crippen molar-refractivity contribution in [2.24, 2.45) is 0 Å². The fourth-order valence-electron chi connectivity index (χ4n) is 2.00. The molecular weight excluding hydrogens is 314 g/mol. The van der Waals surface area contributed by atoms with Crippen molar-refractivity contribution in [2.75, 3.05) is 30.8 Å². The molecule has 2 amide bonds. The molecule has 120 valence electrons. The zero-order chi connectivity index (χ0) is 16.7. The number of likely N-dealkylation sites (N-methyl/N-ethyl adjacent to an activating group) is 1. The Labute approximate surface area is 140 Å². The number of hydrogen-bond acceptors (Lipinski definition) is 3. The van der Waals surface area contributed by atoms with E-state index < -0.39 is 0 Å². The minimum Gasteiger partial charge on any atom is -0.325 e. The fraction of sp³-hybridized carbons (Fsp3) is 0.176. The summed E-state index contributed by atoms with van der Waals surface area (Å²) in [5, 5.41) is 6.14. The highest BCUT2D eigenvalue weighted by molar-refractivity contribution is 6.30. The number of carbonyl (C=O) groups excluding carboxylic acids is 2. The summed E-state index contributed by atoms with van der Waals surface area (Å²) in [6.45, 7) is 0.244. The lowest BCUT2D eigenvalue weighted by atomic mass is 10.3. The van der Waals surface area contributed by atoms with E-state index >= 15 is 0 Å². The van der Waals surface area contributed by atoms with Gasteiger partial charge in [-0.1, -0.05) is 29.8 Å². The van der Waals surface area contributed by atoms with E-state index in [-0.39, 0.29) is 24.9 Å². The zero-order valence-electron chi connectivity index (χ0n) is 12.8. The van der Waals surface area contributed by atoms with Gasteiger partial charge in [0.05, 0.1) is 13.1 Å². The van der Waals surface area contributed by atoms with Gasteiger partial charge >= 0.3 is 0 Å². The van der Waals surface area contributed by atoms with Crippen molar-refractivity contribution in [3.8, 4) is 0 Å². The molecule has 0 saturated carbocycles. The number of carbonyl (C=O) groups is 2. The number of benzene rings is 2. The Bertz CT molecular complexity index is 659. The van der Waals surface area contributed by atoms with Crippen molar-refractivity contribution in [2.45, 2.75) is 0 Å². The Morgan fingerprint density at radius 2 is 1.35 bits per heavy atom. The van der Waals surface area contributed by atoms with Crippen molar-refractivity contribution >= 4 is 34.8 Å². The van der Waals surface area contributed by atoms with Crippen LogP contribution in [0.1, 0.15) is 0 Å². The van der Waals surface area contributed by atoms with Gasteiger partial charge in [-0.15, -0.1) is 0 Å². The maximum atomic E-state index is 11.9. The third-order valence-corrected chi connectivity index (χ3v) is 3.26. The van der Waals surface area contributed by atoms with Crippen molar-refractivity contribution < 1.29 is 9.59 Å². The lowest BCUT2D eigenvalue weighted by Crippen LogP contribution is -2.36. The largest absolute Gasteiger partial charge is 0.325 e. The third kappa shape index (κ3) is 6.10. The van der Waals surface area contributed by atoms with E-state index in [2.05, 4.69) is 10.6 Å². The second-order valence-electron chi connectivity index (χ2n) is 5.14. The molecule has 2 aromatic carbocycles. The molecule has 0 unspecified atom stereocenters. The Hall–Kier alpha value is -2.37. The predicted molar refractivity (Wildman–Crippen MR) is 92.7 cm³/mol. The summed E-state index contributed by atoms with van der Waals surface area (Å²) in [6.07, 6.45) is 0. The van der Waals surface area contributed by atoms with Crippen LogP contribution in [0.25, 0.3) is 0 Å². The van der Waals surface area contributed by atoms with Crippen molar-refractivity contribution in [3.05, 3.63) is 59.6 Å². The molecule has 2 aromatic rings. The molecule has 0 heterocycles. The summed E-state index contributed by atoms with van der Waals surface area (Å²) in [5.41, 5.74) is 1.40. The highest BCUT2D eigenvalue weighted by Crippen LogP contribution is 2.13. The van der Waals surface area contributed by atoms with Gasteiger partial charge in [0.2, 0.25) is 11.8 Å². The molecule has 0 fully saturated rings. The molecule has 5 nitrogen and oxygen atoms in total. The number of halogens is 1. The topological polar surface area (TPSA) is 61.4 Å². The van der Waals surface area contributed by atoms with Gasteiger partial charge in [-0.05, 0) is 43.4 Å². The molecular formula is C17H18ClN3O2. The maximum Gasteiger partial charge on any atom is 0.238 e. The number of rotatable bonds is 6. The molecule has 2 N–H and O–H groups in total. The van der Waals surface area contributed by atoms with Crippen LogP contribution in [-0.4, -0.2) is 36.9 Å². The maximum absolute atomic E-state index is 11.9. The molecule has 0 radical (unpaired) electrons. The van der Waals surface area contributed by atoms with Crippen LogP contribution in [0.4, 0.5) is 11.4 Å². The lowest BCUT2D eigenvalue weighted by molar-refractivity contribution is -0.119. The van der Waals surface area contributed by atoms with E-state index in [1.54, 1.807) is 36.2 Å². The van der Waals surface area contributed by atoms with E-state index in [0.29, 0.717) is 10.7 Å². The average Bonchev–Trinajstić information content (AvgIpc) is 2.50. The molecule has 0 aliphatic rings. The van der Waals surface area contributed by atoms with Gasteiger partial charge in [-0.2, -0.15) is 0 Å². The molecule has 23 heavy (non-hydrogen) atoms. The quantitative estimate of drug-likeness (QED) is 0.855. The van der Waals surface area contributed by atoms with Crippen LogP contribution in [0.2, 0.25) is 5.02 Å². The molecule has 2 rings (SSSR count). The summed E-state index contributed by atoms with van der Waals surface area (Å²) < 4.78 is 0. The van der Waals surface area contributed by atoms with E-state index in [1.807, 2.05) is 30.3 Å². The highest BCUT2D eigenvalue weighted by atomic mass is 35.5. The van der Waals surface area contributed by atoms with Crippen LogP contribution in [0.3, 0.4) is 0 Å². The second kappa shape index (κ2) is 8.31. The molecule has 0 aliphatic heterocycles. The van der Waals surface area contributed by atoms with E-state index in [1.165, 1.54) is 0 Å². The zero-order valence-corrected chi connectivity index (χ0v) is 13.5. The highest BCUT2D eigenvalue weighted by Gasteiger charge is 2.11. The molecule has 0 aliphatic carbocycles. The van der Waals surface area contributed by atoms with E-state index in [0.717, 1.165) is 5.69 Å². The number of anilines is 2. The Balaban J connectivity index is 1.77. The second-order valence-corrected chi connectivity index (χ2v) is 5.58. The Morgan fingerprint density at radius 1 is 0.870 bits per heavy atom. The first-order chi connectivity index (χ1) is 11.0. The molecule has 0 aromatic heterocycles. The van der Waals surface area contributed by atoms with E-state index in [9.17, 15) is 9.59 Å². The standard InChI is InChI=1S/C17H18ClN3O2/c1-21(11-16(22)19-14-5-3-2-4-6-14)12-17(23)20-15-9-7-13(18)8-10-15/h2-10H,11-12H2,1H3,(H,19,22)(H,20,23). The number of amides is 2. The smallest absolute Gasteiger partial charge is 0.238 e. The van der Waals surface area contributed by atoms with Crippen LogP contribution in [0.5, 0.6) is 0 Å². The van der Waals surface area contributed by atoms with Gasteiger partial charge in [-0.25, -0.2) is 0 Å². The van der Waals surface area contributed by atoms with Crippen LogP contribution in [-0.2, 0) is 9.59 Å². The van der Waals surface area contributed by atoms with Crippen molar-refractivity contribution in [1.29, 1.82) is 0 Å². The van der Waals surface area contributed by atoms with Crippen molar-refractivity contribution in [1.82, 2.24) is 4.90 Å². The number of nitrogens with one attached hydrogen (secondary N) is 2. The summed E-state index contributed by atoms with van der Waals surface area (Å²) in [4.78, 5) is 25.5. The van der Waals surface area contributed by atoms with Crippen LogP contribution in [0, 0.1) is 0 Å². The molecule has 0 spiro atoms. The Kier molecular flexibility index (Phi) is 6.14. The molecule has 0 bridgehead atoms. The van der Waals surface area contributed by atoms with Gasteiger partial charge in [0.25, 0.3) is 0 Å². The van der Waals surface area contributed by atoms with Gasteiger partial charge in [0.1, 0.15) is 0 Å². The summed E-state index contributed by atoms with van der Waals surface area (Å²) in [7, 11) is 1.71. The normalized spacial score (nSPS) is 10.4. The number of hydrogen-bond donors (Lipinski definition) is 2. The van der Waals surface area contributed by atoms with Gasteiger partial charge < -0.3 is 10.6 Å². The summed E-state index contributed by atoms with van der Waals surface area (Å²) in [5.74, 6) is -0.361. The summed E-state index contributed by atoms with van der Waals surface area (Å²) in [6, 6.07) is 16.0. The van der Waals surface area contributed by atoms with Gasteiger partial charge in [0, 0.05) is 16.4 Å². The minimum atomic E-state index is -0.192. The first-order valence-corrected chi connectivity index (χ1v) is 7.49. The molecule has 0 atom stereocenters. The first kappa shape index (κ1) is 17.0.